The van der Waals surface area contributed by atoms with Crippen LogP contribution in [0.5, 0.6) is 5.75 Å². The molecule has 0 radical (unpaired) electrons. The van der Waals surface area contributed by atoms with Gasteiger partial charge in [0.2, 0.25) is 0 Å². The summed E-state index contributed by atoms with van der Waals surface area (Å²) in [6.45, 7) is 3.15. The van der Waals surface area contributed by atoms with Crippen LogP contribution >= 0.6 is 23.2 Å². The van der Waals surface area contributed by atoms with Crippen LogP contribution in [-0.2, 0) is 9.59 Å². The average Bonchev–Trinajstić information content (AvgIpc) is 3.23. The Balaban J connectivity index is 1.39. The second-order valence-corrected chi connectivity index (χ2v) is 11.2. The highest BCUT2D eigenvalue weighted by Crippen LogP contribution is 2.39. The zero-order valence-electron chi connectivity index (χ0n) is 22.8. The van der Waals surface area contributed by atoms with E-state index in [1.807, 2.05) is 26.0 Å². The molecule has 214 valence electrons. The van der Waals surface area contributed by atoms with Crippen molar-refractivity contribution >= 4 is 52.7 Å². The SMILES string of the molecule is Cc1ccc(C(=O)Oc2ccc(C(=O)CN(C(=O)c3ccc(Cl)c(Cl)c3)N3C(=O)[C@@H]4[C@@H](C)C=CC[C@H]4C3=O)cc2)cc1. The van der Waals surface area contributed by atoms with Crippen molar-refractivity contribution in [2.24, 2.45) is 17.8 Å². The standard InChI is InChI=1S/C32H26Cl2N2O6/c1-18-6-8-21(9-7-18)32(41)42-23-13-10-20(11-14-23)27(37)17-35(29(38)22-12-15-25(33)26(34)16-22)36-30(39)24-5-3-4-19(2)28(24)31(36)40/h3-4,6-16,19,24,28H,5,17H2,1-2H3/t19-,24+,28+/m0/s1. The van der Waals surface area contributed by atoms with E-state index >= 15 is 0 Å². The first kappa shape index (κ1) is 29.2. The lowest BCUT2D eigenvalue weighted by Gasteiger charge is -2.30. The predicted molar refractivity (Wildman–Crippen MR) is 156 cm³/mol. The summed E-state index contributed by atoms with van der Waals surface area (Å²) in [5, 5.41) is 2.01. The van der Waals surface area contributed by atoms with Gasteiger partial charge in [0.05, 0.1) is 27.4 Å². The number of nitrogens with zero attached hydrogens (tertiary/aromatic N) is 2. The molecular formula is C32H26Cl2N2O6. The first-order chi connectivity index (χ1) is 20.0. The second-order valence-electron chi connectivity index (χ2n) is 10.3. The molecule has 2 aliphatic rings. The van der Waals surface area contributed by atoms with Crippen molar-refractivity contribution in [1.82, 2.24) is 10.0 Å². The molecule has 0 unspecified atom stereocenters. The lowest BCUT2D eigenvalue weighted by atomic mass is 9.78. The second kappa shape index (κ2) is 11.9. The highest BCUT2D eigenvalue weighted by molar-refractivity contribution is 6.42. The average molecular weight is 605 g/mol. The summed E-state index contributed by atoms with van der Waals surface area (Å²) in [7, 11) is 0. The molecule has 3 atom stereocenters. The number of Topliss-reactive ketones (excluding diaryl/α,β-unsaturated/α-hetero) is 1. The van der Waals surface area contributed by atoms with Crippen molar-refractivity contribution in [3.8, 4) is 5.75 Å². The number of allylic oxidation sites excluding steroid dienone is 2. The maximum absolute atomic E-state index is 13.7. The van der Waals surface area contributed by atoms with E-state index < -0.39 is 47.9 Å². The topological polar surface area (TPSA) is 101 Å². The minimum absolute atomic E-state index is 0.0530. The van der Waals surface area contributed by atoms with Crippen LogP contribution in [0.3, 0.4) is 0 Å². The molecule has 10 heteroatoms. The van der Waals surface area contributed by atoms with Crippen LogP contribution in [0.25, 0.3) is 0 Å². The molecule has 0 spiro atoms. The van der Waals surface area contributed by atoms with Gasteiger partial charge in [-0.25, -0.2) is 9.80 Å². The number of ketones is 1. The number of carbonyl (C=O) groups is 5. The molecule has 1 aliphatic carbocycles. The molecule has 1 heterocycles. The van der Waals surface area contributed by atoms with Gasteiger partial charge >= 0.3 is 5.97 Å². The van der Waals surface area contributed by atoms with Crippen molar-refractivity contribution in [3.63, 3.8) is 0 Å². The zero-order chi connectivity index (χ0) is 30.1. The molecule has 1 saturated heterocycles. The fraction of sp³-hybridized carbons (Fsp3) is 0.219. The number of carbonyl (C=O) groups excluding carboxylic acids is 5. The van der Waals surface area contributed by atoms with Gasteiger partial charge in [0.1, 0.15) is 12.3 Å². The molecule has 0 N–H and O–H groups in total. The minimum Gasteiger partial charge on any atom is -0.423 e. The van der Waals surface area contributed by atoms with Crippen molar-refractivity contribution in [3.05, 3.63) is 111 Å². The van der Waals surface area contributed by atoms with E-state index in [-0.39, 0.29) is 32.8 Å². The van der Waals surface area contributed by atoms with Gasteiger partial charge in [-0.15, -0.1) is 0 Å². The quantitative estimate of drug-likeness (QED) is 0.108. The molecule has 42 heavy (non-hydrogen) atoms. The van der Waals surface area contributed by atoms with E-state index in [1.54, 1.807) is 24.3 Å². The summed E-state index contributed by atoms with van der Waals surface area (Å²) < 4.78 is 5.41. The van der Waals surface area contributed by atoms with E-state index in [2.05, 4.69) is 0 Å². The van der Waals surface area contributed by atoms with E-state index in [1.165, 1.54) is 42.5 Å². The number of hydrogen-bond donors (Lipinski definition) is 0. The Morgan fingerprint density at radius 2 is 1.52 bits per heavy atom. The van der Waals surface area contributed by atoms with Gasteiger partial charge in [-0.1, -0.05) is 60.0 Å². The van der Waals surface area contributed by atoms with E-state index in [9.17, 15) is 24.0 Å². The van der Waals surface area contributed by atoms with Gasteiger partial charge in [-0.2, -0.15) is 5.01 Å². The van der Waals surface area contributed by atoms with Crippen LogP contribution in [0, 0.1) is 24.7 Å². The van der Waals surface area contributed by atoms with Crippen LogP contribution in [-0.4, -0.2) is 46.0 Å². The van der Waals surface area contributed by atoms with E-state index in [0.29, 0.717) is 12.0 Å². The summed E-state index contributed by atoms with van der Waals surface area (Å²) in [6.07, 6.45) is 4.09. The number of hydrogen-bond acceptors (Lipinski definition) is 6. The molecule has 1 aliphatic heterocycles. The fourth-order valence-electron chi connectivity index (χ4n) is 5.17. The van der Waals surface area contributed by atoms with Gasteiger partial charge in [0.15, 0.2) is 5.78 Å². The van der Waals surface area contributed by atoms with Crippen LogP contribution < -0.4 is 4.74 Å². The molecule has 0 bridgehead atoms. The normalized spacial score (nSPS) is 19.4. The maximum atomic E-state index is 13.7. The third kappa shape index (κ3) is 5.73. The minimum atomic E-state index is -0.758. The molecule has 1 fully saturated rings. The number of fused-ring (bicyclic) bond motifs is 1. The summed E-state index contributed by atoms with van der Waals surface area (Å²) in [5.74, 6) is -4.18. The van der Waals surface area contributed by atoms with Gasteiger partial charge < -0.3 is 4.74 Å². The summed E-state index contributed by atoms with van der Waals surface area (Å²) in [5.41, 5.74) is 1.62. The number of halogens is 2. The maximum Gasteiger partial charge on any atom is 0.343 e. The summed E-state index contributed by atoms with van der Waals surface area (Å²) in [6, 6.07) is 16.9. The first-order valence-corrected chi connectivity index (χ1v) is 14.0. The highest BCUT2D eigenvalue weighted by atomic mass is 35.5. The largest absolute Gasteiger partial charge is 0.423 e. The third-order valence-electron chi connectivity index (χ3n) is 7.46. The Bertz CT molecular complexity index is 1620. The van der Waals surface area contributed by atoms with Crippen molar-refractivity contribution < 1.29 is 28.7 Å². The van der Waals surface area contributed by atoms with Crippen LogP contribution in [0.1, 0.15) is 50.0 Å². The molecule has 0 aromatic heterocycles. The molecule has 8 nitrogen and oxygen atoms in total. The zero-order valence-corrected chi connectivity index (χ0v) is 24.3. The number of imide groups is 1. The molecule has 3 amide bonds. The molecule has 0 saturated carbocycles. The molecule has 5 rings (SSSR count). The smallest absolute Gasteiger partial charge is 0.343 e. The monoisotopic (exact) mass is 604 g/mol. The number of rotatable bonds is 7. The van der Waals surface area contributed by atoms with Gasteiger partial charge in [0.25, 0.3) is 17.7 Å². The van der Waals surface area contributed by atoms with E-state index in [4.69, 9.17) is 27.9 Å². The summed E-state index contributed by atoms with van der Waals surface area (Å²) in [4.78, 5) is 66.6. The lowest BCUT2D eigenvalue weighted by molar-refractivity contribution is -0.154. The predicted octanol–water partition coefficient (Wildman–Crippen LogP) is 5.96. The van der Waals surface area contributed by atoms with Crippen molar-refractivity contribution in [2.45, 2.75) is 20.3 Å². The highest BCUT2D eigenvalue weighted by Gasteiger charge is 2.53. The number of benzene rings is 3. The third-order valence-corrected chi connectivity index (χ3v) is 8.20. The Hall–Kier alpha value is -4.27. The lowest BCUT2D eigenvalue weighted by Crippen LogP contribution is -2.52. The van der Waals surface area contributed by atoms with Crippen LogP contribution in [0.2, 0.25) is 10.0 Å². The van der Waals surface area contributed by atoms with Crippen molar-refractivity contribution in [1.29, 1.82) is 0 Å². The number of ether oxygens (including phenoxy) is 1. The Morgan fingerprint density at radius 3 is 2.17 bits per heavy atom. The molecule has 3 aromatic carbocycles. The van der Waals surface area contributed by atoms with Crippen molar-refractivity contribution in [2.75, 3.05) is 6.54 Å². The van der Waals surface area contributed by atoms with Gasteiger partial charge in [-0.05, 0) is 73.9 Å². The first-order valence-electron chi connectivity index (χ1n) is 13.3. The number of aryl methyl sites for hydroxylation is 1. The Labute approximate surface area is 252 Å². The van der Waals surface area contributed by atoms with Gasteiger partial charge in [-0.3, -0.25) is 19.2 Å². The van der Waals surface area contributed by atoms with Gasteiger partial charge in [0, 0.05) is 11.1 Å². The number of hydrazine groups is 1. The molecule has 3 aromatic rings. The number of esters is 1. The summed E-state index contributed by atoms with van der Waals surface area (Å²) >= 11 is 12.2. The van der Waals surface area contributed by atoms with Crippen LogP contribution in [0.4, 0.5) is 0 Å². The Morgan fingerprint density at radius 1 is 0.881 bits per heavy atom. The molecular weight excluding hydrogens is 579 g/mol. The van der Waals surface area contributed by atoms with Crippen LogP contribution in [0.15, 0.2) is 78.9 Å². The number of amides is 3. The van der Waals surface area contributed by atoms with E-state index in [0.717, 1.165) is 15.6 Å². The fourth-order valence-corrected chi connectivity index (χ4v) is 5.47. The Kier molecular flexibility index (Phi) is 8.29.